The van der Waals surface area contributed by atoms with Crippen molar-refractivity contribution in [3.63, 3.8) is 0 Å². The lowest BCUT2D eigenvalue weighted by Gasteiger charge is -2.14. The first-order valence-electron chi connectivity index (χ1n) is 9.20. The van der Waals surface area contributed by atoms with Crippen LogP contribution in [0.2, 0.25) is 5.02 Å². The fourth-order valence-corrected chi connectivity index (χ4v) is 3.68. The molecule has 0 spiro atoms. The van der Waals surface area contributed by atoms with Gasteiger partial charge in [0.05, 0.1) is 5.92 Å². The molecule has 3 nitrogen and oxygen atoms in total. The number of nitrogens with zero attached hydrogens (tertiary/aromatic N) is 1. The molecule has 3 aromatic rings. The van der Waals surface area contributed by atoms with Crippen LogP contribution >= 0.6 is 22.9 Å². The van der Waals surface area contributed by atoms with E-state index in [2.05, 4.69) is 10.3 Å². The largest absolute Gasteiger partial charge is 0.301 e. The molecule has 0 unspecified atom stereocenters. The number of aromatic nitrogens is 1. The van der Waals surface area contributed by atoms with Crippen LogP contribution in [0.15, 0.2) is 60.8 Å². The molecule has 0 radical (unpaired) electrons. The van der Waals surface area contributed by atoms with E-state index >= 15 is 0 Å². The fourth-order valence-electron chi connectivity index (χ4n) is 2.70. The van der Waals surface area contributed by atoms with Gasteiger partial charge in [0.1, 0.15) is 0 Å². The van der Waals surface area contributed by atoms with Crippen molar-refractivity contribution in [1.82, 2.24) is 4.98 Å². The smallest absolute Gasteiger partial charge is 0.233 e. The summed E-state index contributed by atoms with van der Waals surface area (Å²) in [6.45, 7) is 6.02. The van der Waals surface area contributed by atoms with Gasteiger partial charge < -0.3 is 5.32 Å². The molecule has 0 aliphatic rings. The molecule has 27 heavy (non-hydrogen) atoms. The quantitative estimate of drug-likeness (QED) is 0.510. The molecule has 1 atom stereocenters. The minimum absolute atomic E-state index is 0.0129. The third-order valence-electron chi connectivity index (χ3n) is 4.00. The van der Waals surface area contributed by atoms with Crippen LogP contribution in [0.4, 0.5) is 5.13 Å². The van der Waals surface area contributed by atoms with E-state index in [0.717, 1.165) is 28.3 Å². The molecule has 0 aliphatic heterocycles. The van der Waals surface area contributed by atoms with Gasteiger partial charge in [0.25, 0.3) is 0 Å². The van der Waals surface area contributed by atoms with Crippen LogP contribution < -0.4 is 5.32 Å². The average molecular weight is 401 g/mol. The maximum Gasteiger partial charge on any atom is 0.233 e. The van der Waals surface area contributed by atoms with Gasteiger partial charge in [0.2, 0.25) is 5.91 Å². The third-order valence-corrected chi connectivity index (χ3v) is 5.17. The van der Waals surface area contributed by atoms with Crippen molar-refractivity contribution in [2.45, 2.75) is 39.5 Å². The second-order valence-electron chi connectivity index (χ2n) is 5.80. The molecule has 1 heterocycles. The predicted octanol–water partition coefficient (Wildman–Crippen LogP) is 6.55. The number of halogens is 1. The highest BCUT2D eigenvalue weighted by Gasteiger charge is 2.19. The Bertz CT molecular complexity index is 831. The average Bonchev–Trinajstić information content (AvgIpc) is 3.13. The van der Waals surface area contributed by atoms with Crippen molar-refractivity contribution in [3.05, 3.63) is 81.8 Å². The van der Waals surface area contributed by atoms with Crippen LogP contribution in [-0.2, 0) is 11.2 Å². The number of benzene rings is 2. The summed E-state index contributed by atoms with van der Waals surface area (Å²) in [5, 5.41) is 4.33. The van der Waals surface area contributed by atoms with Crippen LogP contribution in [0, 0.1) is 0 Å². The van der Waals surface area contributed by atoms with Crippen LogP contribution in [0.25, 0.3) is 0 Å². The Morgan fingerprint density at radius 1 is 1.11 bits per heavy atom. The SMILES string of the molecule is CC.CC[C@H](C(=O)Nc1ncc(Cc2ccc(Cl)cc2)s1)c1ccccc1. The molecule has 1 N–H and O–H groups in total. The molecular formula is C22H25ClN2OS. The summed E-state index contributed by atoms with van der Waals surface area (Å²) in [5.74, 6) is -0.175. The number of rotatable bonds is 6. The molecule has 2 aromatic carbocycles. The van der Waals surface area contributed by atoms with Crippen molar-refractivity contribution < 1.29 is 4.79 Å². The third kappa shape index (κ3) is 6.19. The van der Waals surface area contributed by atoms with Gasteiger partial charge in [0.15, 0.2) is 5.13 Å². The van der Waals surface area contributed by atoms with Crippen LogP contribution in [0.1, 0.15) is 49.1 Å². The van der Waals surface area contributed by atoms with E-state index in [0.29, 0.717) is 5.13 Å². The van der Waals surface area contributed by atoms with Gasteiger partial charge >= 0.3 is 0 Å². The molecular weight excluding hydrogens is 376 g/mol. The highest BCUT2D eigenvalue weighted by molar-refractivity contribution is 7.15. The molecule has 0 saturated heterocycles. The van der Waals surface area contributed by atoms with Crippen molar-refractivity contribution in [2.24, 2.45) is 0 Å². The predicted molar refractivity (Wildman–Crippen MR) is 116 cm³/mol. The van der Waals surface area contributed by atoms with Gasteiger partial charge in [0, 0.05) is 22.5 Å². The first-order chi connectivity index (χ1) is 13.2. The molecule has 0 bridgehead atoms. The Morgan fingerprint density at radius 3 is 2.41 bits per heavy atom. The number of thiazole rings is 1. The summed E-state index contributed by atoms with van der Waals surface area (Å²) < 4.78 is 0. The van der Waals surface area contributed by atoms with Crippen molar-refractivity contribution in [3.8, 4) is 0 Å². The van der Waals surface area contributed by atoms with E-state index in [1.807, 2.05) is 81.6 Å². The number of carbonyl (C=O) groups is 1. The van der Waals surface area contributed by atoms with Crippen molar-refractivity contribution in [1.29, 1.82) is 0 Å². The Balaban J connectivity index is 0.00000126. The van der Waals surface area contributed by atoms with Crippen molar-refractivity contribution in [2.75, 3.05) is 5.32 Å². The molecule has 142 valence electrons. The summed E-state index contributed by atoms with van der Waals surface area (Å²) in [5.41, 5.74) is 2.20. The van der Waals surface area contributed by atoms with Crippen molar-refractivity contribution >= 4 is 34.0 Å². The monoisotopic (exact) mass is 400 g/mol. The number of carbonyl (C=O) groups excluding carboxylic acids is 1. The van der Waals surface area contributed by atoms with Gasteiger partial charge in [-0.3, -0.25) is 4.79 Å². The Morgan fingerprint density at radius 2 is 1.78 bits per heavy atom. The van der Waals surface area contributed by atoms with Crippen LogP contribution in [0.3, 0.4) is 0 Å². The first kappa shape index (κ1) is 21.1. The first-order valence-corrected chi connectivity index (χ1v) is 10.4. The maximum absolute atomic E-state index is 12.6. The number of hydrogen-bond acceptors (Lipinski definition) is 3. The van der Waals surface area contributed by atoms with Gasteiger partial charge in [-0.1, -0.05) is 74.8 Å². The zero-order valence-corrected chi connectivity index (χ0v) is 17.5. The standard InChI is InChI=1S/C20H19ClN2OS.C2H6/c1-2-18(15-6-4-3-5-7-15)19(24)23-20-22-13-17(25-20)12-14-8-10-16(21)11-9-14;1-2/h3-11,13,18H,2,12H2,1H3,(H,22,23,24);1-2H3/t18-;/m0./s1. The summed E-state index contributed by atoms with van der Waals surface area (Å²) in [6.07, 6.45) is 3.35. The van der Waals surface area contributed by atoms with E-state index in [9.17, 15) is 4.79 Å². The second kappa shape index (κ2) is 10.9. The van der Waals surface area contributed by atoms with E-state index in [-0.39, 0.29) is 11.8 Å². The van der Waals surface area contributed by atoms with E-state index in [1.54, 1.807) is 0 Å². The van der Waals surface area contributed by atoms with E-state index < -0.39 is 0 Å². The number of amides is 1. The normalized spacial score (nSPS) is 11.3. The molecule has 5 heteroatoms. The molecule has 0 aliphatic carbocycles. The number of nitrogens with one attached hydrogen (secondary N) is 1. The van der Waals surface area contributed by atoms with Gasteiger partial charge in [-0.15, -0.1) is 11.3 Å². The number of hydrogen-bond donors (Lipinski definition) is 1. The zero-order chi connectivity index (χ0) is 19.6. The summed E-state index contributed by atoms with van der Waals surface area (Å²) in [7, 11) is 0. The van der Waals surface area contributed by atoms with E-state index in [1.165, 1.54) is 16.9 Å². The van der Waals surface area contributed by atoms with Crippen LogP contribution in [-0.4, -0.2) is 10.9 Å². The highest BCUT2D eigenvalue weighted by Crippen LogP contribution is 2.25. The van der Waals surface area contributed by atoms with Gasteiger partial charge in [-0.2, -0.15) is 0 Å². The molecule has 0 fully saturated rings. The number of anilines is 1. The minimum atomic E-state index is -0.162. The lowest BCUT2D eigenvalue weighted by Crippen LogP contribution is -2.20. The summed E-state index contributed by atoms with van der Waals surface area (Å²) in [6, 6.07) is 17.6. The lowest BCUT2D eigenvalue weighted by molar-refractivity contribution is -0.117. The zero-order valence-electron chi connectivity index (χ0n) is 15.9. The molecule has 3 rings (SSSR count). The highest BCUT2D eigenvalue weighted by atomic mass is 35.5. The molecule has 1 aromatic heterocycles. The second-order valence-corrected chi connectivity index (χ2v) is 7.35. The van der Waals surface area contributed by atoms with E-state index in [4.69, 9.17) is 11.6 Å². The maximum atomic E-state index is 12.6. The summed E-state index contributed by atoms with van der Waals surface area (Å²) in [4.78, 5) is 18.0. The molecule has 1 amide bonds. The summed E-state index contributed by atoms with van der Waals surface area (Å²) >= 11 is 7.42. The molecule has 0 saturated carbocycles. The van der Waals surface area contributed by atoms with Crippen LogP contribution in [0.5, 0.6) is 0 Å². The Kier molecular flexibility index (Phi) is 8.49. The fraction of sp³-hybridized carbons (Fsp3) is 0.273. The Hall–Kier alpha value is -2.17. The lowest BCUT2D eigenvalue weighted by atomic mass is 9.96. The topological polar surface area (TPSA) is 42.0 Å². The van der Waals surface area contributed by atoms with Gasteiger partial charge in [-0.25, -0.2) is 4.98 Å². The Labute approximate surface area is 170 Å². The van der Waals surface area contributed by atoms with Gasteiger partial charge in [-0.05, 0) is 29.7 Å². The minimum Gasteiger partial charge on any atom is -0.301 e.